The Morgan fingerprint density at radius 1 is 1.00 bits per heavy atom. The molecule has 1 atom stereocenters. The maximum absolute atomic E-state index is 13.7. The second-order valence-corrected chi connectivity index (χ2v) is 9.94. The first kappa shape index (κ1) is 28.7. The number of piperidine rings is 1. The van der Waals surface area contributed by atoms with Crippen LogP contribution in [0.3, 0.4) is 0 Å². The van der Waals surface area contributed by atoms with Gasteiger partial charge < -0.3 is 29.6 Å². The van der Waals surface area contributed by atoms with Crippen molar-refractivity contribution in [2.24, 2.45) is 0 Å². The van der Waals surface area contributed by atoms with Crippen LogP contribution in [0.2, 0.25) is 10.0 Å². The summed E-state index contributed by atoms with van der Waals surface area (Å²) in [6.07, 6.45) is 2.01. The summed E-state index contributed by atoms with van der Waals surface area (Å²) in [5, 5.41) is 15.6. The zero-order valence-electron chi connectivity index (χ0n) is 20.9. The first-order chi connectivity index (χ1) is 17.9. The number of benzene rings is 3. The van der Waals surface area contributed by atoms with Gasteiger partial charge in [0.1, 0.15) is 17.2 Å². The number of fused-ring (bicyclic) bond motifs is 1. The normalized spacial score (nSPS) is 16.9. The van der Waals surface area contributed by atoms with Gasteiger partial charge in [0, 0.05) is 45.8 Å². The number of anilines is 1. The molecule has 1 unspecified atom stereocenters. The van der Waals surface area contributed by atoms with Crippen LogP contribution in [0.1, 0.15) is 41.1 Å². The van der Waals surface area contributed by atoms with E-state index in [4.69, 9.17) is 32.7 Å². The average molecular weight is 563 g/mol. The van der Waals surface area contributed by atoms with Crippen molar-refractivity contribution < 1.29 is 53.7 Å². The van der Waals surface area contributed by atoms with Gasteiger partial charge in [0.2, 0.25) is 0 Å². The van der Waals surface area contributed by atoms with Crippen molar-refractivity contribution in [2.45, 2.75) is 31.2 Å². The van der Waals surface area contributed by atoms with E-state index in [2.05, 4.69) is 5.32 Å². The zero-order chi connectivity index (χ0) is 25.9. The van der Waals surface area contributed by atoms with Crippen LogP contribution < -0.4 is 54.4 Å². The molecule has 1 saturated heterocycles. The zero-order valence-corrected chi connectivity index (χ0v) is 24.4. The van der Waals surface area contributed by atoms with Crippen molar-refractivity contribution in [1.82, 2.24) is 5.32 Å². The van der Waals surface area contributed by atoms with Crippen LogP contribution in [0.4, 0.5) is 5.69 Å². The third kappa shape index (κ3) is 6.30. The number of nitrogens with one attached hydrogen (secondary N) is 1. The largest absolute Gasteiger partial charge is 1.00 e. The maximum Gasteiger partial charge on any atom is 1.00 e. The Kier molecular flexibility index (Phi) is 9.63. The van der Waals surface area contributed by atoms with Crippen molar-refractivity contribution in [3.05, 3.63) is 81.8 Å². The second-order valence-electron chi connectivity index (χ2n) is 9.09. The molecule has 192 valence electrons. The number of ether oxygens (including phenoxy) is 2. The van der Waals surface area contributed by atoms with E-state index < -0.39 is 11.9 Å². The molecule has 2 aliphatic heterocycles. The van der Waals surface area contributed by atoms with Crippen LogP contribution in [0.5, 0.6) is 17.2 Å². The summed E-state index contributed by atoms with van der Waals surface area (Å²) in [7, 11) is 0. The van der Waals surface area contributed by atoms with Gasteiger partial charge in [0.05, 0.1) is 11.6 Å². The number of aliphatic carboxylic acids is 1. The SMILES string of the molecule is O=C([O-])C1CCOc2cc(Oc3ccc(C(=O)N(c4cccc(Cl)c4)C4CCNCC4)cc3)c(Cl)cc21.[Na+]. The van der Waals surface area contributed by atoms with Crippen LogP contribution >= 0.6 is 23.2 Å². The summed E-state index contributed by atoms with van der Waals surface area (Å²) in [4.78, 5) is 26.9. The predicted molar refractivity (Wildman–Crippen MR) is 140 cm³/mol. The van der Waals surface area contributed by atoms with Gasteiger partial charge in [-0.05, 0) is 80.9 Å². The number of halogens is 2. The third-order valence-electron chi connectivity index (χ3n) is 6.70. The Balaban J connectivity index is 0.00000336. The molecule has 38 heavy (non-hydrogen) atoms. The molecule has 7 nitrogen and oxygen atoms in total. The molecule has 10 heteroatoms. The average Bonchev–Trinajstić information content (AvgIpc) is 2.90. The van der Waals surface area contributed by atoms with Crippen LogP contribution in [-0.4, -0.2) is 37.6 Å². The van der Waals surface area contributed by atoms with Gasteiger partial charge in [-0.15, -0.1) is 0 Å². The number of rotatable bonds is 6. The summed E-state index contributed by atoms with van der Waals surface area (Å²) >= 11 is 12.6. The fourth-order valence-corrected chi connectivity index (χ4v) is 5.22. The van der Waals surface area contributed by atoms with Gasteiger partial charge in [-0.3, -0.25) is 4.79 Å². The Morgan fingerprint density at radius 2 is 1.74 bits per heavy atom. The Labute approximate surface area is 253 Å². The van der Waals surface area contributed by atoms with Gasteiger partial charge in [-0.1, -0.05) is 29.3 Å². The minimum absolute atomic E-state index is 0. The number of hydrogen-bond donors (Lipinski definition) is 1. The summed E-state index contributed by atoms with van der Waals surface area (Å²) in [5.41, 5.74) is 1.76. The number of carboxylic acids is 1. The van der Waals surface area contributed by atoms with E-state index >= 15 is 0 Å². The van der Waals surface area contributed by atoms with E-state index in [1.165, 1.54) is 0 Å². The van der Waals surface area contributed by atoms with E-state index in [0.29, 0.717) is 39.8 Å². The minimum Gasteiger partial charge on any atom is -0.549 e. The predicted octanol–water partition coefficient (Wildman–Crippen LogP) is 1.80. The number of nitrogens with zero attached hydrogens (tertiary/aromatic N) is 1. The summed E-state index contributed by atoms with van der Waals surface area (Å²) in [6.45, 7) is 1.96. The minimum atomic E-state index is -1.16. The Morgan fingerprint density at radius 3 is 2.42 bits per heavy atom. The Bertz CT molecular complexity index is 1320. The molecule has 2 heterocycles. The van der Waals surface area contributed by atoms with Crippen LogP contribution in [0.15, 0.2) is 60.7 Å². The second kappa shape index (κ2) is 12.7. The number of amides is 1. The summed E-state index contributed by atoms with van der Waals surface area (Å²) in [6, 6.07) is 17.4. The van der Waals surface area contributed by atoms with Crippen molar-refractivity contribution in [2.75, 3.05) is 24.6 Å². The molecule has 0 aromatic heterocycles. The molecule has 3 aromatic carbocycles. The number of carbonyl (C=O) groups excluding carboxylic acids is 2. The fourth-order valence-electron chi connectivity index (χ4n) is 4.83. The number of carboxylic acid groups (broad SMARTS) is 1. The van der Waals surface area contributed by atoms with Crippen molar-refractivity contribution in [3.63, 3.8) is 0 Å². The molecule has 1 N–H and O–H groups in total. The van der Waals surface area contributed by atoms with E-state index in [9.17, 15) is 14.7 Å². The summed E-state index contributed by atoms with van der Waals surface area (Å²) in [5.74, 6) is -0.843. The van der Waals surface area contributed by atoms with Crippen molar-refractivity contribution in [3.8, 4) is 17.2 Å². The molecule has 1 fully saturated rings. The first-order valence-electron chi connectivity index (χ1n) is 12.2. The molecule has 0 spiro atoms. The van der Waals surface area contributed by atoms with Crippen molar-refractivity contribution >= 4 is 40.8 Å². The van der Waals surface area contributed by atoms with E-state index in [1.54, 1.807) is 42.5 Å². The fraction of sp³-hybridized carbons (Fsp3) is 0.286. The molecular formula is C28H25Cl2N2NaO5. The molecule has 5 rings (SSSR count). The maximum atomic E-state index is 13.7. The Hall–Kier alpha value is -2.26. The standard InChI is InChI=1S/C28H26Cl2N2O5.Na/c29-18-2-1-3-20(14-18)32(19-8-11-31-12-9-19)27(33)17-4-6-21(7-5-17)37-26-16-25-23(15-24(26)30)22(28(34)35)10-13-36-25;/h1-7,14-16,19,22,31H,8-13H2,(H,34,35);/q;+1/p-1. The first-order valence-corrected chi connectivity index (χ1v) is 12.9. The number of hydrogen-bond acceptors (Lipinski definition) is 6. The molecule has 3 aromatic rings. The van der Waals surface area contributed by atoms with Gasteiger partial charge in [0.25, 0.3) is 5.91 Å². The van der Waals surface area contributed by atoms with Crippen LogP contribution in [0.25, 0.3) is 0 Å². The van der Waals surface area contributed by atoms with E-state index in [1.807, 2.05) is 23.1 Å². The monoisotopic (exact) mass is 562 g/mol. The van der Waals surface area contributed by atoms with E-state index in [-0.39, 0.29) is 53.1 Å². The summed E-state index contributed by atoms with van der Waals surface area (Å²) < 4.78 is 11.6. The molecule has 0 radical (unpaired) electrons. The van der Waals surface area contributed by atoms with Gasteiger partial charge in [-0.25, -0.2) is 0 Å². The smallest absolute Gasteiger partial charge is 0.549 e. The molecular weight excluding hydrogens is 538 g/mol. The quantitative estimate of drug-likeness (QED) is 0.461. The van der Waals surface area contributed by atoms with E-state index in [0.717, 1.165) is 31.6 Å². The molecule has 0 aliphatic carbocycles. The third-order valence-corrected chi connectivity index (χ3v) is 7.23. The topological polar surface area (TPSA) is 90.9 Å². The number of carbonyl (C=O) groups is 2. The van der Waals surface area contributed by atoms with Crippen LogP contribution in [-0.2, 0) is 4.79 Å². The molecule has 0 saturated carbocycles. The molecule has 1 amide bonds. The van der Waals surface area contributed by atoms with Gasteiger partial charge in [0.15, 0.2) is 0 Å². The van der Waals surface area contributed by atoms with Crippen molar-refractivity contribution in [1.29, 1.82) is 0 Å². The molecule has 2 aliphatic rings. The van der Waals surface area contributed by atoms with Gasteiger partial charge in [-0.2, -0.15) is 0 Å². The molecule has 0 bridgehead atoms. The van der Waals surface area contributed by atoms with Gasteiger partial charge >= 0.3 is 29.6 Å². The van der Waals surface area contributed by atoms with Crippen LogP contribution in [0, 0.1) is 0 Å².